The van der Waals surface area contributed by atoms with E-state index in [0.717, 1.165) is 25.7 Å². The molecule has 2 N–H and O–H groups in total. The Labute approximate surface area is 195 Å². The lowest BCUT2D eigenvalue weighted by atomic mass is 9.96. The maximum Gasteiger partial charge on any atom is 0.250 e. The van der Waals surface area contributed by atoms with Gasteiger partial charge in [0.15, 0.2) is 0 Å². The van der Waals surface area contributed by atoms with Crippen LogP contribution in [0.2, 0.25) is 0 Å². The van der Waals surface area contributed by atoms with Gasteiger partial charge in [-0.15, -0.1) is 0 Å². The molecule has 33 heavy (non-hydrogen) atoms. The van der Waals surface area contributed by atoms with Gasteiger partial charge in [-0.05, 0) is 57.0 Å². The molecule has 2 aliphatic rings. The van der Waals surface area contributed by atoms with E-state index in [1.165, 1.54) is 4.90 Å². The molecule has 2 aromatic rings. The number of anilines is 3. The Hall–Kier alpha value is -2.91. The number of hydrogen-bond acceptors (Lipinski definition) is 5. The second-order valence-corrected chi connectivity index (χ2v) is 10.9. The van der Waals surface area contributed by atoms with Crippen LogP contribution in [0.15, 0.2) is 53.4 Å². The summed E-state index contributed by atoms with van der Waals surface area (Å²) in [4.78, 5) is 27.5. The minimum absolute atomic E-state index is 0.0851. The van der Waals surface area contributed by atoms with Crippen molar-refractivity contribution in [2.24, 2.45) is 0 Å². The predicted molar refractivity (Wildman–Crippen MR) is 129 cm³/mol. The van der Waals surface area contributed by atoms with Crippen molar-refractivity contribution in [2.75, 3.05) is 35.2 Å². The largest absolute Gasteiger partial charge is 0.376 e. The highest BCUT2D eigenvalue weighted by Crippen LogP contribution is 2.36. The molecule has 0 bridgehead atoms. The summed E-state index contributed by atoms with van der Waals surface area (Å²) in [6.45, 7) is 4.38. The van der Waals surface area contributed by atoms with Crippen molar-refractivity contribution in [2.45, 2.75) is 50.0 Å². The van der Waals surface area contributed by atoms with Gasteiger partial charge in [-0.1, -0.05) is 31.0 Å². The minimum Gasteiger partial charge on any atom is -0.376 e. The summed E-state index contributed by atoms with van der Waals surface area (Å²) in [5, 5.41) is 5.89. The molecule has 8 nitrogen and oxygen atoms in total. The van der Waals surface area contributed by atoms with Crippen LogP contribution in [0, 0.1) is 0 Å². The lowest BCUT2D eigenvalue weighted by Gasteiger charge is -2.42. The average molecular weight is 471 g/mol. The van der Waals surface area contributed by atoms with Crippen LogP contribution in [0.25, 0.3) is 0 Å². The molecule has 0 aliphatic carbocycles. The van der Waals surface area contributed by atoms with E-state index >= 15 is 0 Å². The molecule has 4 rings (SSSR count). The number of sulfonamides is 1. The number of nitrogens with one attached hydrogen (secondary N) is 2. The molecule has 0 saturated carbocycles. The lowest BCUT2D eigenvalue weighted by molar-refractivity contribution is -0.125. The summed E-state index contributed by atoms with van der Waals surface area (Å²) in [6, 6.07) is 13.7. The maximum absolute atomic E-state index is 13.2. The van der Waals surface area contributed by atoms with Crippen LogP contribution < -0.4 is 15.5 Å². The number of benzene rings is 2. The molecule has 2 amide bonds. The molecule has 0 spiro atoms. The fraction of sp³-hybridized carbons (Fsp3) is 0.417. The Morgan fingerprint density at radius 1 is 1.03 bits per heavy atom. The molecular weight excluding hydrogens is 440 g/mol. The van der Waals surface area contributed by atoms with Crippen LogP contribution in [0.4, 0.5) is 17.1 Å². The molecule has 0 unspecified atom stereocenters. The molecule has 2 aromatic carbocycles. The summed E-state index contributed by atoms with van der Waals surface area (Å²) < 4.78 is 27.8. The molecule has 9 heteroatoms. The van der Waals surface area contributed by atoms with Gasteiger partial charge in [-0.2, -0.15) is 4.31 Å². The van der Waals surface area contributed by atoms with Gasteiger partial charge in [0, 0.05) is 18.8 Å². The number of hydrogen-bond donors (Lipinski definition) is 2. The van der Waals surface area contributed by atoms with Crippen molar-refractivity contribution in [3.8, 4) is 0 Å². The quantitative estimate of drug-likeness (QED) is 0.698. The van der Waals surface area contributed by atoms with Gasteiger partial charge in [-0.3, -0.25) is 14.5 Å². The van der Waals surface area contributed by atoms with Crippen molar-refractivity contribution < 1.29 is 18.0 Å². The van der Waals surface area contributed by atoms with E-state index in [4.69, 9.17) is 0 Å². The summed E-state index contributed by atoms with van der Waals surface area (Å²) in [5.74, 6) is -0.553. The lowest BCUT2D eigenvalue weighted by Crippen LogP contribution is -2.59. The SMILES string of the molecule is CC1(C)C(=O)Nc2ccccc2N1C(=O)CNc1cccc(S(=O)(=O)N2CCCCCC2)c1. The number of para-hydroxylation sites is 2. The third-order valence-corrected chi connectivity index (χ3v) is 8.13. The maximum atomic E-state index is 13.2. The third kappa shape index (κ3) is 4.60. The average Bonchev–Trinajstić information content (AvgIpc) is 3.09. The fourth-order valence-corrected chi connectivity index (χ4v) is 5.92. The number of fused-ring (bicyclic) bond motifs is 1. The highest BCUT2D eigenvalue weighted by molar-refractivity contribution is 7.89. The van der Waals surface area contributed by atoms with E-state index in [1.54, 1.807) is 60.6 Å². The molecule has 1 fully saturated rings. The summed E-state index contributed by atoms with van der Waals surface area (Å²) in [6.07, 6.45) is 3.83. The van der Waals surface area contributed by atoms with Crippen molar-refractivity contribution in [1.29, 1.82) is 0 Å². The van der Waals surface area contributed by atoms with E-state index < -0.39 is 15.6 Å². The number of rotatable bonds is 5. The van der Waals surface area contributed by atoms with Crippen molar-refractivity contribution in [3.05, 3.63) is 48.5 Å². The topological polar surface area (TPSA) is 98.8 Å². The number of nitrogens with zero attached hydrogens (tertiary/aromatic N) is 2. The Morgan fingerprint density at radius 3 is 2.45 bits per heavy atom. The highest BCUT2D eigenvalue weighted by atomic mass is 32.2. The van der Waals surface area contributed by atoms with E-state index in [1.807, 2.05) is 6.07 Å². The first-order valence-corrected chi connectivity index (χ1v) is 12.7. The normalized spacial score (nSPS) is 18.7. The van der Waals surface area contributed by atoms with Crippen LogP contribution in [-0.4, -0.2) is 49.7 Å². The predicted octanol–water partition coefficient (Wildman–Crippen LogP) is 3.43. The second-order valence-electron chi connectivity index (χ2n) is 8.96. The van der Waals surface area contributed by atoms with Crippen LogP contribution in [0.3, 0.4) is 0 Å². The zero-order valence-corrected chi connectivity index (χ0v) is 19.8. The molecule has 2 heterocycles. The first-order chi connectivity index (χ1) is 15.7. The van der Waals surface area contributed by atoms with Crippen LogP contribution >= 0.6 is 0 Å². The first kappa shape index (κ1) is 23.3. The fourth-order valence-electron chi connectivity index (χ4n) is 4.35. The van der Waals surface area contributed by atoms with Crippen molar-refractivity contribution in [1.82, 2.24) is 4.31 Å². The minimum atomic E-state index is -3.59. The standard InChI is InChI=1S/C24H30N4O4S/c1-24(2)23(30)26-20-12-5-6-13-21(20)28(24)22(29)17-25-18-10-9-11-19(16-18)33(31,32)27-14-7-3-4-8-15-27/h5-6,9-13,16,25H,3-4,7-8,14-15,17H2,1-2H3,(H,26,30). The Kier molecular flexibility index (Phi) is 6.45. The van der Waals surface area contributed by atoms with E-state index in [-0.39, 0.29) is 23.3 Å². The van der Waals surface area contributed by atoms with Crippen LogP contribution in [0.5, 0.6) is 0 Å². The number of carbonyl (C=O) groups excluding carboxylic acids is 2. The molecular formula is C24H30N4O4S. The molecule has 0 aromatic heterocycles. The molecule has 0 radical (unpaired) electrons. The zero-order chi connectivity index (χ0) is 23.6. The molecule has 1 saturated heterocycles. The monoisotopic (exact) mass is 470 g/mol. The second kappa shape index (κ2) is 9.15. The Balaban J connectivity index is 1.52. The highest BCUT2D eigenvalue weighted by Gasteiger charge is 2.43. The molecule has 0 atom stereocenters. The summed E-state index contributed by atoms with van der Waals surface area (Å²) in [5.41, 5.74) is 0.685. The van der Waals surface area contributed by atoms with Gasteiger partial charge in [0.25, 0.3) is 0 Å². The first-order valence-electron chi connectivity index (χ1n) is 11.3. The van der Waals surface area contributed by atoms with Crippen molar-refractivity contribution in [3.63, 3.8) is 0 Å². The van der Waals surface area contributed by atoms with Gasteiger partial charge in [0.2, 0.25) is 21.8 Å². The van der Waals surface area contributed by atoms with Crippen LogP contribution in [-0.2, 0) is 19.6 Å². The zero-order valence-electron chi connectivity index (χ0n) is 19.0. The number of carbonyl (C=O) groups is 2. The van der Waals surface area contributed by atoms with Gasteiger partial charge in [0.05, 0.1) is 22.8 Å². The smallest absolute Gasteiger partial charge is 0.250 e. The molecule has 2 aliphatic heterocycles. The van der Waals surface area contributed by atoms with E-state index in [2.05, 4.69) is 10.6 Å². The molecule has 176 valence electrons. The van der Waals surface area contributed by atoms with Gasteiger partial charge in [-0.25, -0.2) is 8.42 Å². The van der Waals surface area contributed by atoms with Gasteiger partial charge < -0.3 is 10.6 Å². The van der Waals surface area contributed by atoms with E-state index in [0.29, 0.717) is 30.2 Å². The van der Waals surface area contributed by atoms with Crippen LogP contribution in [0.1, 0.15) is 39.5 Å². The van der Waals surface area contributed by atoms with Gasteiger partial charge in [0.1, 0.15) is 5.54 Å². The van der Waals surface area contributed by atoms with E-state index in [9.17, 15) is 18.0 Å². The number of amides is 2. The van der Waals surface area contributed by atoms with Crippen molar-refractivity contribution >= 4 is 38.9 Å². The van der Waals surface area contributed by atoms with Gasteiger partial charge >= 0.3 is 0 Å². The third-order valence-electron chi connectivity index (χ3n) is 6.24. The Morgan fingerprint density at radius 2 is 1.73 bits per heavy atom. The Bertz CT molecular complexity index is 1150. The summed E-state index contributed by atoms with van der Waals surface area (Å²) >= 11 is 0. The summed E-state index contributed by atoms with van der Waals surface area (Å²) in [7, 11) is -3.59.